The molecule has 4 heteroatoms. The summed E-state index contributed by atoms with van der Waals surface area (Å²) in [5.41, 5.74) is 2.89. The normalized spacial score (nSPS) is 20.5. The minimum atomic E-state index is 0.0618. The molecule has 110 valence electrons. The Hall–Kier alpha value is -2.10. The molecule has 1 aromatic carbocycles. The summed E-state index contributed by atoms with van der Waals surface area (Å²) in [5.74, 6) is 0.588. The first kappa shape index (κ1) is 13.9. The van der Waals surface area contributed by atoms with Crippen LogP contribution in [0.3, 0.4) is 0 Å². The van der Waals surface area contributed by atoms with Gasteiger partial charge in [0.1, 0.15) is 0 Å². The Bertz CT molecular complexity index is 607. The lowest BCUT2D eigenvalue weighted by Gasteiger charge is -2.26. The van der Waals surface area contributed by atoms with Crippen molar-refractivity contribution in [1.29, 1.82) is 0 Å². The molecule has 0 aromatic heterocycles. The monoisotopic (exact) mass is 284 g/mol. The van der Waals surface area contributed by atoms with Crippen LogP contribution in [0.15, 0.2) is 30.4 Å². The summed E-state index contributed by atoms with van der Waals surface area (Å²) in [7, 11) is 1.80. The summed E-state index contributed by atoms with van der Waals surface area (Å²) >= 11 is 0. The zero-order chi connectivity index (χ0) is 14.8. The third-order valence-corrected chi connectivity index (χ3v) is 4.27. The maximum Gasteiger partial charge on any atom is 0.227 e. The Kier molecular flexibility index (Phi) is 3.78. The second kappa shape index (κ2) is 5.72. The van der Waals surface area contributed by atoms with Gasteiger partial charge in [-0.05, 0) is 48.9 Å². The fourth-order valence-electron chi connectivity index (χ4n) is 3.05. The molecule has 1 heterocycles. The SMILES string of the molecule is CN1C(=O)CCc2cc(NC(=O)C[C@@H]3C=CCC3)ccc21. The quantitative estimate of drug-likeness (QED) is 0.868. The molecule has 0 unspecified atom stereocenters. The van der Waals surface area contributed by atoms with Gasteiger partial charge >= 0.3 is 0 Å². The Morgan fingerprint density at radius 3 is 3.00 bits per heavy atom. The van der Waals surface area contributed by atoms with Gasteiger partial charge in [-0.15, -0.1) is 0 Å². The van der Waals surface area contributed by atoms with Crippen LogP contribution in [0.2, 0.25) is 0 Å². The van der Waals surface area contributed by atoms with Crippen LogP contribution in [0.4, 0.5) is 11.4 Å². The average molecular weight is 284 g/mol. The van der Waals surface area contributed by atoms with Crippen LogP contribution in [0.1, 0.15) is 31.2 Å². The predicted molar refractivity (Wildman–Crippen MR) is 83.3 cm³/mol. The highest BCUT2D eigenvalue weighted by molar-refractivity contribution is 5.97. The molecule has 21 heavy (non-hydrogen) atoms. The first-order valence-corrected chi connectivity index (χ1v) is 7.49. The highest BCUT2D eigenvalue weighted by Gasteiger charge is 2.21. The van der Waals surface area contributed by atoms with E-state index in [1.807, 2.05) is 18.2 Å². The Morgan fingerprint density at radius 2 is 2.24 bits per heavy atom. The zero-order valence-electron chi connectivity index (χ0n) is 12.3. The number of hydrogen-bond donors (Lipinski definition) is 1. The number of allylic oxidation sites excluding steroid dienone is 2. The van der Waals surface area contributed by atoms with E-state index < -0.39 is 0 Å². The number of fused-ring (bicyclic) bond motifs is 1. The van der Waals surface area contributed by atoms with Crippen molar-refractivity contribution < 1.29 is 9.59 Å². The van der Waals surface area contributed by atoms with E-state index in [1.165, 1.54) is 0 Å². The molecular formula is C17H20N2O2. The fourth-order valence-corrected chi connectivity index (χ4v) is 3.05. The number of hydrogen-bond acceptors (Lipinski definition) is 2. The molecule has 0 saturated carbocycles. The van der Waals surface area contributed by atoms with Gasteiger partial charge in [-0.25, -0.2) is 0 Å². The topological polar surface area (TPSA) is 49.4 Å². The molecule has 1 aliphatic heterocycles. The van der Waals surface area contributed by atoms with Gasteiger partial charge in [-0.1, -0.05) is 12.2 Å². The van der Waals surface area contributed by atoms with Gasteiger partial charge in [0.25, 0.3) is 0 Å². The Balaban J connectivity index is 1.68. The molecule has 1 aromatic rings. The van der Waals surface area contributed by atoms with Gasteiger partial charge in [0.05, 0.1) is 0 Å². The number of benzene rings is 1. The Morgan fingerprint density at radius 1 is 1.38 bits per heavy atom. The largest absolute Gasteiger partial charge is 0.326 e. The van der Waals surface area contributed by atoms with Gasteiger partial charge in [-0.2, -0.15) is 0 Å². The summed E-state index contributed by atoms with van der Waals surface area (Å²) in [5, 5.41) is 2.97. The second-order valence-corrected chi connectivity index (χ2v) is 5.81. The van der Waals surface area contributed by atoms with Gasteiger partial charge in [0.2, 0.25) is 11.8 Å². The number of nitrogens with zero attached hydrogens (tertiary/aromatic N) is 1. The number of nitrogens with one attached hydrogen (secondary N) is 1. The summed E-state index contributed by atoms with van der Waals surface area (Å²) in [6, 6.07) is 5.77. The highest BCUT2D eigenvalue weighted by atomic mass is 16.2. The molecule has 1 aliphatic carbocycles. The van der Waals surface area contributed by atoms with Crippen molar-refractivity contribution >= 4 is 23.2 Å². The van der Waals surface area contributed by atoms with Crippen LogP contribution in [-0.4, -0.2) is 18.9 Å². The van der Waals surface area contributed by atoms with E-state index in [4.69, 9.17) is 0 Å². The van der Waals surface area contributed by atoms with Crippen molar-refractivity contribution in [2.45, 2.75) is 32.1 Å². The molecule has 0 fully saturated rings. The van der Waals surface area contributed by atoms with E-state index >= 15 is 0 Å². The summed E-state index contributed by atoms with van der Waals surface area (Å²) in [4.78, 5) is 25.4. The van der Waals surface area contributed by atoms with E-state index in [-0.39, 0.29) is 11.8 Å². The van der Waals surface area contributed by atoms with Crippen molar-refractivity contribution in [2.24, 2.45) is 5.92 Å². The van der Waals surface area contributed by atoms with E-state index in [9.17, 15) is 9.59 Å². The first-order chi connectivity index (χ1) is 10.1. The number of rotatable bonds is 3. The number of amides is 2. The van der Waals surface area contributed by atoms with Crippen molar-refractivity contribution in [1.82, 2.24) is 0 Å². The van der Waals surface area contributed by atoms with Gasteiger partial charge < -0.3 is 10.2 Å². The average Bonchev–Trinajstić information content (AvgIpc) is 2.96. The molecule has 4 nitrogen and oxygen atoms in total. The minimum absolute atomic E-state index is 0.0618. The number of aryl methyl sites for hydroxylation is 1. The van der Waals surface area contributed by atoms with E-state index in [0.29, 0.717) is 18.8 Å². The van der Waals surface area contributed by atoms with Crippen LogP contribution in [0.25, 0.3) is 0 Å². The van der Waals surface area contributed by atoms with Crippen LogP contribution < -0.4 is 10.2 Å². The summed E-state index contributed by atoms with van der Waals surface area (Å²) in [6.07, 6.45) is 8.26. The molecular weight excluding hydrogens is 264 g/mol. The molecule has 3 rings (SSSR count). The smallest absolute Gasteiger partial charge is 0.227 e. The molecule has 1 N–H and O–H groups in total. The molecule has 2 amide bonds. The maximum absolute atomic E-state index is 12.0. The zero-order valence-corrected chi connectivity index (χ0v) is 12.3. The van der Waals surface area contributed by atoms with Crippen molar-refractivity contribution in [3.8, 4) is 0 Å². The van der Waals surface area contributed by atoms with Crippen LogP contribution in [0, 0.1) is 5.92 Å². The van der Waals surface area contributed by atoms with Gasteiger partial charge in [0, 0.05) is 31.3 Å². The van der Waals surface area contributed by atoms with Crippen LogP contribution >= 0.6 is 0 Å². The molecule has 0 saturated heterocycles. The van der Waals surface area contributed by atoms with Crippen molar-refractivity contribution in [3.05, 3.63) is 35.9 Å². The van der Waals surface area contributed by atoms with Crippen LogP contribution in [0.5, 0.6) is 0 Å². The molecule has 0 bridgehead atoms. The van der Waals surface area contributed by atoms with Gasteiger partial charge in [-0.3, -0.25) is 9.59 Å². The van der Waals surface area contributed by atoms with Crippen LogP contribution in [-0.2, 0) is 16.0 Å². The summed E-state index contributed by atoms with van der Waals surface area (Å²) < 4.78 is 0. The molecule has 0 radical (unpaired) electrons. The lowest BCUT2D eigenvalue weighted by atomic mass is 10.0. The number of anilines is 2. The standard InChI is InChI=1S/C17H20N2O2/c1-19-15-8-7-14(11-13(15)6-9-17(19)21)18-16(20)10-12-4-2-3-5-12/h2,4,7-8,11-12H,3,5-6,9-10H2,1H3,(H,18,20)/t12-/m1/s1. The van der Waals surface area contributed by atoms with E-state index in [2.05, 4.69) is 17.5 Å². The number of carbonyl (C=O) groups excluding carboxylic acids is 2. The lowest BCUT2D eigenvalue weighted by Crippen LogP contribution is -2.31. The second-order valence-electron chi connectivity index (χ2n) is 5.81. The maximum atomic E-state index is 12.0. The van der Waals surface area contributed by atoms with E-state index in [1.54, 1.807) is 11.9 Å². The summed E-state index contributed by atoms with van der Waals surface area (Å²) in [6.45, 7) is 0. The van der Waals surface area contributed by atoms with Crippen molar-refractivity contribution in [2.75, 3.05) is 17.3 Å². The lowest BCUT2D eigenvalue weighted by molar-refractivity contribution is -0.118. The molecule has 2 aliphatic rings. The highest BCUT2D eigenvalue weighted by Crippen LogP contribution is 2.29. The first-order valence-electron chi connectivity index (χ1n) is 7.49. The third kappa shape index (κ3) is 2.99. The predicted octanol–water partition coefficient (Wildman–Crippen LogP) is 2.89. The molecule has 0 spiro atoms. The van der Waals surface area contributed by atoms with Crippen molar-refractivity contribution in [3.63, 3.8) is 0 Å². The molecule has 1 atom stereocenters. The fraction of sp³-hybridized carbons (Fsp3) is 0.412. The minimum Gasteiger partial charge on any atom is -0.326 e. The Labute approximate surface area is 124 Å². The number of carbonyl (C=O) groups is 2. The van der Waals surface area contributed by atoms with E-state index in [0.717, 1.165) is 36.2 Å². The van der Waals surface area contributed by atoms with Gasteiger partial charge in [0.15, 0.2) is 0 Å². The third-order valence-electron chi connectivity index (χ3n) is 4.27.